The van der Waals surface area contributed by atoms with Crippen molar-refractivity contribution in [3.05, 3.63) is 16.6 Å². The van der Waals surface area contributed by atoms with E-state index in [2.05, 4.69) is 15.0 Å². The van der Waals surface area contributed by atoms with Gasteiger partial charge in [-0.1, -0.05) is 13.8 Å². The van der Waals surface area contributed by atoms with Crippen molar-refractivity contribution in [3.63, 3.8) is 0 Å². The molecule has 7 heteroatoms. The van der Waals surface area contributed by atoms with Crippen molar-refractivity contribution in [2.45, 2.75) is 38.6 Å². The Hall–Kier alpha value is -0.500. The van der Waals surface area contributed by atoms with Crippen LogP contribution in [0.1, 0.15) is 25.8 Å². The van der Waals surface area contributed by atoms with Crippen molar-refractivity contribution in [1.82, 2.24) is 15.0 Å². The second kappa shape index (κ2) is 6.44. The number of sulfonamides is 1. The summed E-state index contributed by atoms with van der Waals surface area (Å²) in [5.74, 6) is 0. The summed E-state index contributed by atoms with van der Waals surface area (Å²) in [6.45, 7) is 6.39. The van der Waals surface area contributed by atoms with E-state index in [0.717, 1.165) is 5.01 Å². The molecule has 0 aliphatic heterocycles. The van der Waals surface area contributed by atoms with E-state index in [9.17, 15) is 8.42 Å². The number of hydrogen-bond donors (Lipinski definition) is 2. The molecule has 1 heterocycles. The Balaban J connectivity index is 2.44. The Kier molecular flexibility index (Phi) is 5.51. The van der Waals surface area contributed by atoms with Crippen molar-refractivity contribution in [2.75, 3.05) is 6.54 Å². The first kappa shape index (κ1) is 14.6. The predicted octanol–water partition coefficient (Wildman–Crippen LogP) is 0.949. The lowest BCUT2D eigenvalue weighted by Gasteiger charge is -2.15. The Morgan fingerprint density at radius 2 is 2.12 bits per heavy atom. The van der Waals surface area contributed by atoms with Crippen LogP contribution in [0.2, 0.25) is 0 Å². The lowest BCUT2D eigenvalue weighted by atomic mass is 10.3. The van der Waals surface area contributed by atoms with Gasteiger partial charge in [-0.15, -0.1) is 11.3 Å². The Bertz CT molecular complexity index is 415. The molecule has 2 N–H and O–H groups in total. The van der Waals surface area contributed by atoms with Gasteiger partial charge in [0.25, 0.3) is 0 Å². The topological polar surface area (TPSA) is 71.1 Å². The number of thiazole rings is 1. The third-order valence-electron chi connectivity index (χ3n) is 2.25. The Morgan fingerprint density at radius 1 is 1.41 bits per heavy atom. The molecule has 1 aromatic heterocycles. The molecule has 0 aromatic carbocycles. The highest BCUT2D eigenvalue weighted by Gasteiger charge is 2.20. The molecule has 0 aliphatic carbocycles. The molecule has 0 saturated carbocycles. The summed E-state index contributed by atoms with van der Waals surface area (Å²) in [7, 11) is -3.28. The minimum Gasteiger partial charge on any atom is -0.313 e. The lowest BCUT2D eigenvalue weighted by molar-refractivity contribution is 0.540. The van der Waals surface area contributed by atoms with Crippen LogP contribution in [0.25, 0.3) is 0 Å². The van der Waals surface area contributed by atoms with Crippen LogP contribution in [0, 0.1) is 0 Å². The fourth-order valence-corrected chi connectivity index (χ4v) is 2.74. The molecule has 0 bridgehead atoms. The van der Waals surface area contributed by atoms with Crippen LogP contribution < -0.4 is 10.0 Å². The van der Waals surface area contributed by atoms with Crippen LogP contribution in [-0.4, -0.2) is 31.2 Å². The van der Waals surface area contributed by atoms with Crippen LogP contribution in [0.4, 0.5) is 0 Å². The number of rotatable bonds is 7. The van der Waals surface area contributed by atoms with Crippen molar-refractivity contribution < 1.29 is 8.42 Å². The molecule has 0 fully saturated rings. The van der Waals surface area contributed by atoms with Crippen LogP contribution in [-0.2, 0) is 16.6 Å². The largest absolute Gasteiger partial charge is 0.313 e. The highest BCUT2D eigenvalue weighted by atomic mass is 32.2. The highest BCUT2D eigenvalue weighted by molar-refractivity contribution is 7.90. The molecule has 0 radical (unpaired) electrons. The summed E-state index contributed by atoms with van der Waals surface area (Å²) >= 11 is 1.44. The van der Waals surface area contributed by atoms with Gasteiger partial charge in [0, 0.05) is 24.2 Å². The van der Waals surface area contributed by atoms with Gasteiger partial charge in [-0.2, -0.15) is 0 Å². The minimum absolute atomic E-state index is 0.270. The van der Waals surface area contributed by atoms with E-state index < -0.39 is 15.3 Å². The van der Waals surface area contributed by atoms with Gasteiger partial charge in [0.15, 0.2) is 0 Å². The Morgan fingerprint density at radius 3 is 2.65 bits per heavy atom. The zero-order chi connectivity index (χ0) is 12.9. The van der Waals surface area contributed by atoms with Crippen LogP contribution >= 0.6 is 11.3 Å². The second-order valence-corrected chi connectivity index (χ2v) is 7.33. The zero-order valence-electron chi connectivity index (χ0n) is 10.3. The maximum atomic E-state index is 11.9. The summed E-state index contributed by atoms with van der Waals surface area (Å²) in [5.41, 5.74) is 0. The molecule has 98 valence electrons. The molecule has 1 aromatic rings. The molecular weight excluding hydrogens is 258 g/mol. The number of nitrogens with one attached hydrogen (secondary N) is 2. The van der Waals surface area contributed by atoms with Gasteiger partial charge in [-0.25, -0.2) is 18.1 Å². The van der Waals surface area contributed by atoms with E-state index in [1.54, 1.807) is 13.1 Å². The molecule has 0 saturated heterocycles. The fraction of sp³-hybridized carbons (Fsp3) is 0.700. The van der Waals surface area contributed by atoms with Gasteiger partial charge in [-0.05, 0) is 6.92 Å². The summed E-state index contributed by atoms with van der Waals surface area (Å²) in [6, 6.07) is 0.284. The molecule has 1 atom stereocenters. The van der Waals surface area contributed by atoms with E-state index in [4.69, 9.17) is 0 Å². The average molecular weight is 277 g/mol. The van der Waals surface area contributed by atoms with Gasteiger partial charge in [-0.3, -0.25) is 0 Å². The number of nitrogens with zero attached hydrogens (tertiary/aromatic N) is 1. The van der Waals surface area contributed by atoms with Crippen LogP contribution in [0.3, 0.4) is 0 Å². The smallest absolute Gasteiger partial charge is 0.215 e. The van der Waals surface area contributed by atoms with Crippen molar-refractivity contribution in [1.29, 1.82) is 0 Å². The highest BCUT2D eigenvalue weighted by Crippen LogP contribution is 2.05. The van der Waals surface area contributed by atoms with Gasteiger partial charge < -0.3 is 5.32 Å². The van der Waals surface area contributed by atoms with E-state index in [1.807, 2.05) is 19.2 Å². The van der Waals surface area contributed by atoms with Crippen LogP contribution in [0.15, 0.2) is 11.6 Å². The van der Waals surface area contributed by atoms with Gasteiger partial charge in [0.2, 0.25) is 10.0 Å². The van der Waals surface area contributed by atoms with Gasteiger partial charge in [0.05, 0.1) is 11.8 Å². The quantitative estimate of drug-likeness (QED) is 0.778. The summed E-state index contributed by atoms with van der Waals surface area (Å²) < 4.78 is 26.3. The molecule has 1 rings (SSSR count). The molecule has 0 spiro atoms. The SMILES string of the molecule is CC(C)NCC(C)S(=O)(=O)NCc1nccs1. The van der Waals surface area contributed by atoms with Crippen LogP contribution in [0.5, 0.6) is 0 Å². The first-order chi connectivity index (χ1) is 7.92. The monoisotopic (exact) mass is 277 g/mol. The van der Waals surface area contributed by atoms with E-state index in [-0.39, 0.29) is 12.6 Å². The first-order valence-corrected chi connectivity index (χ1v) is 7.94. The summed E-state index contributed by atoms with van der Waals surface area (Å²) in [6.07, 6.45) is 1.66. The number of aromatic nitrogens is 1. The maximum Gasteiger partial charge on any atom is 0.215 e. The van der Waals surface area contributed by atoms with E-state index in [0.29, 0.717) is 6.54 Å². The third kappa shape index (κ3) is 5.12. The standard InChI is InChI=1S/C10H19N3O2S2/c1-8(2)12-6-9(3)17(14,15)13-7-10-11-4-5-16-10/h4-5,8-9,12-13H,6-7H2,1-3H3. The lowest BCUT2D eigenvalue weighted by Crippen LogP contribution is -2.40. The summed E-state index contributed by atoms with van der Waals surface area (Å²) in [4.78, 5) is 4.03. The molecule has 0 amide bonds. The molecule has 5 nitrogen and oxygen atoms in total. The average Bonchev–Trinajstić information content (AvgIpc) is 2.75. The van der Waals surface area contributed by atoms with Crippen molar-refractivity contribution in [2.24, 2.45) is 0 Å². The second-order valence-electron chi connectivity index (χ2n) is 4.17. The molecule has 0 aliphatic rings. The predicted molar refractivity (Wildman–Crippen MR) is 70.5 cm³/mol. The van der Waals surface area contributed by atoms with E-state index >= 15 is 0 Å². The van der Waals surface area contributed by atoms with Crippen molar-refractivity contribution >= 4 is 21.4 Å². The maximum absolute atomic E-state index is 11.9. The Labute approximate surface area is 107 Å². The zero-order valence-corrected chi connectivity index (χ0v) is 11.9. The normalized spacial score (nSPS) is 14.1. The third-order valence-corrected chi connectivity index (χ3v) is 4.80. The van der Waals surface area contributed by atoms with E-state index in [1.165, 1.54) is 11.3 Å². The first-order valence-electron chi connectivity index (χ1n) is 5.52. The molecular formula is C10H19N3O2S2. The van der Waals surface area contributed by atoms with Gasteiger partial charge >= 0.3 is 0 Å². The summed E-state index contributed by atoms with van der Waals surface area (Å²) in [5, 5.41) is 5.26. The molecule has 17 heavy (non-hydrogen) atoms. The van der Waals surface area contributed by atoms with Gasteiger partial charge in [0.1, 0.15) is 5.01 Å². The molecule has 1 unspecified atom stereocenters. The number of hydrogen-bond acceptors (Lipinski definition) is 5. The fourth-order valence-electron chi connectivity index (χ4n) is 1.16. The van der Waals surface area contributed by atoms with Crippen molar-refractivity contribution in [3.8, 4) is 0 Å². The minimum atomic E-state index is -3.28.